The molecule has 1 fully saturated rings. The first-order valence-electron chi connectivity index (χ1n) is 8.92. The molecule has 0 unspecified atom stereocenters. The van der Waals surface area contributed by atoms with Crippen molar-refractivity contribution in [2.24, 2.45) is 0 Å². The van der Waals surface area contributed by atoms with Gasteiger partial charge in [0.2, 0.25) is 0 Å². The Morgan fingerprint density at radius 2 is 1.77 bits per heavy atom. The summed E-state index contributed by atoms with van der Waals surface area (Å²) in [7, 11) is 3.22. The fourth-order valence-corrected chi connectivity index (χ4v) is 2.89. The minimum Gasteiger partial charge on any atom is -0.497 e. The van der Waals surface area contributed by atoms with Crippen LogP contribution >= 0.6 is 0 Å². The molecule has 140 valence electrons. The van der Waals surface area contributed by atoms with Crippen molar-refractivity contribution >= 4 is 5.91 Å². The molecule has 6 heteroatoms. The van der Waals surface area contributed by atoms with Gasteiger partial charge in [-0.1, -0.05) is 0 Å². The van der Waals surface area contributed by atoms with Crippen LogP contribution in [0.3, 0.4) is 0 Å². The maximum Gasteiger partial charge on any atom is 0.269 e. The zero-order valence-corrected chi connectivity index (χ0v) is 16.1. The molecule has 1 aromatic heterocycles. The van der Waals surface area contributed by atoms with Crippen molar-refractivity contribution in [3.05, 3.63) is 41.2 Å². The van der Waals surface area contributed by atoms with Crippen molar-refractivity contribution in [3.8, 4) is 11.5 Å². The van der Waals surface area contributed by atoms with E-state index in [1.54, 1.807) is 14.2 Å². The SMILES string of the molecule is COc1cc(CNC(=O)c2cc(C3CC3)nn2C(C)(C)C)cc(OC)c1. The summed E-state index contributed by atoms with van der Waals surface area (Å²) in [5.41, 5.74) is 2.29. The largest absolute Gasteiger partial charge is 0.497 e. The Bertz CT molecular complexity index is 779. The van der Waals surface area contributed by atoms with E-state index in [0.29, 0.717) is 29.7 Å². The maximum absolute atomic E-state index is 12.8. The van der Waals surface area contributed by atoms with E-state index in [-0.39, 0.29) is 11.4 Å². The Morgan fingerprint density at radius 3 is 2.27 bits per heavy atom. The maximum atomic E-state index is 12.8. The van der Waals surface area contributed by atoms with E-state index in [9.17, 15) is 4.79 Å². The summed E-state index contributed by atoms with van der Waals surface area (Å²) in [6, 6.07) is 7.52. The highest BCUT2D eigenvalue weighted by molar-refractivity contribution is 5.92. The van der Waals surface area contributed by atoms with Gasteiger partial charge in [-0.15, -0.1) is 0 Å². The van der Waals surface area contributed by atoms with Gasteiger partial charge in [0, 0.05) is 18.5 Å². The van der Waals surface area contributed by atoms with Crippen LogP contribution in [-0.2, 0) is 12.1 Å². The summed E-state index contributed by atoms with van der Waals surface area (Å²) in [4.78, 5) is 12.8. The van der Waals surface area contributed by atoms with Gasteiger partial charge < -0.3 is 14.8 Å². The number of aromatic nitrogens is 2. The van der Waals surface area contributed by atoms with E-state index >= 15 is 0 Å². The summed E-state index contributed by atoms with van der Waals surface area (Å²) in [6.07, 6.45) is 2.32. The lowest BCUT2D eigenvalue weighted by Gasteiger charge is -2.22. The number of benzene rings is 1. The van der Waals surface area contributed by atoms with Gasteiger partial charge in [0.15, 0.2) is 0 Å². The summed E-state index contributed by atoms with van der Waals surface area (Å²) in [5, 5.41) is 7.68. The topological polar surface area (TPSA) is 65.4 Å². The van der Waals surface area contributed by atoms with Gasteiger partial charge >= 0.3 is 0 Å². The number of rotatable bonds is 6. The minimum atomic E-state index is -0.251. The van der Waals surface area contributed by atoms with Crippen LogP contribution in [-0.4, -0.2) is 29.9 Å². The Kier molecular flexibility index (Phi) is 4.94. The van der Waals surface area contributed by atoms with Crippen LogP contribution in [0.5, 0.6) is 11.5 Å². The van der Waals surface area contributed by atoms with Crippen LogP contribution in [0.2, 0.25) is 0 Å². The Hall–Kier alpha value is -2.50. The lowest BCUT2D eigenvalue weighted by molar-refractivity contribution is 0.0932. The molecular formula is C20H27N3O3. The third kappa shape index (κ3) is 4.00. The molecule has 0 atom stereocenters. The van der Waals surface area contributed by atoms with Gasteiger partial charge in [-0.2, -0.15) is 5.10 Å². The molecule has 0 saturated heterocycles. The molecule has 0 radical (unpaired) electrons. The standard InChI is InChI=1S/C20H27N3O3/c1-20(2,3)23-18(11-17(22-23)14-6-7-14)19(24)21-12-13-8-15(25-4)10-16(9-13)26-5/h8-11,14H,6-7,12H2,1-5H3,(H,21,24). The number of hydrogen-bond acceptors (Lipinski definition) is 4. The average molecular weight is 357 g/mol. The van der Waals surface area contributed by atoms with E-state index in [1.165, 1.54) is 0 Å². The molecule has 1 N–H and O–H groups in total. The van der Waals surface area contributed by atoms with E-state index in [2.05, 4.69) is 26.1 Å². The number of ether oxygens (including phenoxy) is 2. The number of methoxy groups -OCH3 is 2. The smallest absolute Gasteiger partial charge is 0.269 e. The van der Waals surface area contributed by atoms with Crippen molar-refractivity contribution in [3.63, 3.8) is 0 Å². The molecular weight excluding hydrogens is 330 g/mol. The molecule has 3 rings (SSSR count). The fraction of sp³-hybridized carbons (Fsp3) is 0.500. The first-order valence-corrected chi connectivity index (χ1v) is 8.92. The van der Waals surface area contributed by atoms with Gasteiger partial charge in [-0.05, 0) is 57.4 Å². The van der Waals surface area contributed by atoms with Gasteiger partial charge in [0.1, 0.15) is 17.2 Å². The predicted molar refractivity (Wildman–Crippen MR) is 99.9 cm³/mol. The molecule has 1 aromatic carbocycles. The van der Waals surface area contributed by atoms with Crippen molar-refractivity contribution in [1.82, 2.24) is 15.1 Å². The molecule has 26 heavy (non-hydrogen) atoms. The minimum absolute atomic E-state index is 0.124. The van der Waals surface area contributed by atoms with Crippen molar-refractivity contribution < 1.29 is 14.3 Å². The summed E-state index contributed by atoms with van der Waals surface area (Å²) in [6.45, 7) is 6.56. The number of amides is 1. The van der Waals surface area contributed by atoms with Crippen LogP contribution in [0.25, 0.3) is 0 Å². The predicted octanol–water partition coefficient (Wildman–Crippen LogP) is 3.46. The van der Waals surface area contributed by atoms with Gasteiger partial charge in [-0.25, -0.2) is 0 Å². The number of carbonyl (C=O) groups excluding carboxylic acids is 1. The van der Waals surface area contributed by atoms with E-state index in [0.717, 1.165) is 24.1 Å². The normalized spacial score (nSPS) is 14.2. The Balaban J connectivity index is 1.78. The van der Waals surface area contributed by atoms with Gasteiger partial charge in [0.05, 0.1) is 25.5 Å². The molecule has 1 aliphatic carbocycles. The highest BCUT2D eigenvalue weighted by Crippen LogP contribution is 2.40. The van der Waals surface area contributed by atoms with Crippen LogP contribution in [0, 0.1) is 0 Å². The van der Waals surface area contributed by atoms with Gasteiger partial charge in [0.25, 0.3) is 5.91 Å². The molecule has 0 spiro atoms. The van der Waals surface area contributed by atoms with Crippen LogP contribution in [0.1, 0.15) is 61.3 Å². The first kappa shape index (κ1) is 18.3. The summed E-state index contributed by atoms with van der Waals surface area (Å²) >= 11 is 0. The highest BCUT2D eigenvalue weighted by atomic mass is 16.5. The molecule has 6 nitrogen and oxygen atoms in total. The second-order valence-electron chi connectivity index (χ2n) is 7.71. The summed E-state index contributed by atoms with van der Waals surface area (Å²) < 4.78 is 12.4. The monoisotopic (exact) mass is 357 g/mol. The third-order valence-corrected chi connectivity index (χ3v) is 4.46. The van der Waals surface area contributed by atoms with Crippen LogP contribution in [0.4, 0.5) is 0 Å². The van der Waals surface area contributed by atoms with Crippen molar-refractivity contribution in [2.75, 3.05) is 14.2 Å². The second-order valence-corrected chi connectivity index (χ2v) is 7.71. The van der Waals surface area contributed by atoms with Crippen LogP contribution < -0.4 is 14.8 Å². The fourth-order valence-electron chi connectivity index (χ4n) is 2.89. The van der Waals surface area contributed by atoms with Crippen LogP contribution in [0.15, 0.2) is 24.3 Å². The van der Waals surface area contributed by atoms with E-state index < -0.39 is 0 Å². The number of carbonyl (C=O) groups is 1. The van der Waals surface area contributed by atoms with E-state index in [1.807, 2.05) is 28.9 Å². The summed E-state index contributed by atoms with van der Waals surface area (Å²) in [5.74, 6) is 1.78. The zero-order chi connectivity index (χ0) is 18.9. The molecule has 1 amide bonds. The third-order valence-electron chi connectivity index (χ3n) is 4.46. The van der Waals surface area contributed by atoms with Gasteiger partial charge in [-0.3, -0.25) is 9.48 Å². The number of hydrogen-bond donors (Lipinski definition) is 1. The molecule has 1 aliphatic rings. The molecule has 0 aliphatic heterocycles. The number of nitrogens with zero attached hydrogens (tertiary/aromatic N) is 2. The quantitative estimate of drug-likeness (QED) is 0.860. The number of nitrogens with one attached hydrogen (secondary N) is 1. The van der Waals surface area contributed by atoms with Crippen molar-refractivity contribution in [2.45, 2.75) is 51.6 Å². The molecule has 0 bridgehead atoms. The van der Waals surface area contributed by atoms with Crippen molar-refractivity contribution in [1.29, 1.82) is 0 Å². The first-order chi connectivity index (χ1) is 12.3. The lowest BCUT2D eigenvalue weighted by atomic mass is 10.1. The Labute approximate surface area is 154 Å². The lowest BCUT2D eigenvalue weighted by Crippen LogP contribution is -2.32. The van der Waals surface area contributed by atoms with E-state index in [4.69, 9.17) is 14.6 Å². The Morgan fingerprint density at radius 1 is 1.15 bits per heavy atom. The zero-order valence-electron chi connectivity index (χ0n) is 16.1. The molecule has 1 saturated carbocycles. The second kappa shape index (κ2) is 7.02. The molecule has 1 heterocycles. The highest BCUT2D eigenvalue weighted by Gasteiger charge is 2.31. The molecule has 2 aromatic rings. The average Bonchev–Trinajstić information content (AvgIpc) is 3.36.